The molecule has 1 fully saturated rings. The van der Waals surface area contributed by atoms with Crippen LogP contribution in [0.25, 0.3) is 0 Å². The van der Waals surface area contributed by atoms with Gasteiger partial charge in [0.1, 0.15) is 6.61 Å². The largest absolute Gasteiger partial charge is 0.461 e. The van der Waals surface area contributed by atoms with Gasteiger partial charge in [0.15, 0.2) is 0 Å². The topological polar surface area (TPSA) is 58.6 Å². The van der Waals surface area contributed by atoms with Crippen molar-refractivity contribution in [1.29, 1.82) is 0 Å². The molecule has 0 saturated carbocycles. The number of carbonyl (C=O) groups excluding carboxylic acids is 2. The van der Waals surface area contributed by atoms with Crippen LogP contribution in [0.1, 0.15) is 25.7 Å². The molecular formula is C13H22N2O3. The number of nitrogens with one attached hydrogen (secondary N) is 1. The van der Waals surface area contributed by atoms with Gasteiger partial charge in [-0.05, 0) is 26.3 Å². The molecule has 0 aliphatic carbocycles. The molecule has 0 aromatic rings. The van der Waals surface area contributed by atoms with Gasteiger partial charge in [-0.15, -0.1) is 0 Å². The van der Waals surface area contributed by atoms with Crippen LogP contribution < -0.4 is 5.32 Å². The highest BCUT2D eigenvalue weighted by molar-refractivity contribution is 5.86. The smallest absolute Gasteiger partial charge is 0.308 e. The molecule has 0 spiro atoms. The van der Waals surface area contributed by atoms with Crippen molar-refractivity contribution in [3.8, 4) is 0 Å². The number of rotatable bonds is 6. The quantitative estimate of drug-likeness (QED) is 0.560. The van der Waals surface area contributed by atoms with Crippen LogP contribution in [0.5, 0.6) is 0 Å². The number of esters is 1. The molecule has 1 aliphatic rings. The predicted molar refractivity (Wildman–Crippen MR) is 69.1 cm³/mol. The minimum atomic E-state index is -0.486. The Morgan fingerprint density at radius 3 is 2.61 bits per heavy atom. The van der Waals surface area contributed by atoms with Crippen molar-refractivity contribution in [3.63, 3.8) is 0 Å². The van der Waals surface area contributed by atoms with Crippen LogP contribution in [0.4, 0.5) is 0 Å². The van der Waals surface area contributed by atoms with Gasteiger partial charge in [-0.1, -0.05) is 12.7 Å². The fraction of sp³-hybridized carbons (Fsp3) is 0.692. The molecule has 5 heteroatoms. The first-order valence-electron chi connectivity index (χ1n) is 6.41. The minimum Gasteiger partial charge on any atom is -0.461 e. The van der Waals surface area contributed by atoms with Gasteiger partial charge in [0.2, 0.25) is 5.91 Å². The molecule has 1 saturated heterocycles. The summed E-state index contributed by atoms with van der Waals surface area (Å²) in [4.78, 5) is 25.5. The van der Waals surface area contributed by atoms with Gasteiger partial charge in [-0.3, -0.25) is 9.59 Å². The highest BCUT2D eigenvalue weighted by atomic mass is 16.5. The van der Waals surface area contributed by atoms with E-state index in [0.717, 1.165) is 25.9 Å². The average molecular weight is 254 g/mol. The number of likely N-dealkylation sites (N-methyl/N-ethyl adjacent to an activating group) is 1. The van der Waals surface area contributed by atoms with Crippen molar-refractivity contribution in [3.05, 3.63) is 12.7 Å². The zero-order chi connectivity index (χ0) is 13.4. The molecule has 0 unspecified atom stereocenters. The Morgan fingerprint density at radius 1 is 1.39 bits per heavy atom. The van der Waals surface area contributed by atoms with Crippen molar-refractivity contribution in [2.45, 2.75) is 31.7 Å². The van der Waals surface area contributed by atoms with E-state index in [1.165, 1.54) is 12.5 Å². The van der Waals surface area contributed by atoms with E-state index in [2.05, 4.69) is 11.9 Å². The van der Waals surface area contributed by atoms with Crippen molar-refractivity contribution in [1.82, 2.24) is 10.2 Å². The van der Waals surface area contributed by atoms with Gasteiger partial charge in [-0.2, -0.15) is 0 Å². The lowest BCUT2D eigenvalue weighted by molar-refractivity contribution is -0.146. The first kappa shape index (κ1) is 14.7. The van der Waals surface area contributed by atoms with Crippen molar-refractivity contribution >= 4 is 11.9 Å². The van der Waals surface area contributed by atoms with E-state index in [0.29, 0.717) is 0 Å². The molecule has 0 radical (unpaired) electrons. The Morgan fingerprint density at radius 2 is 2.06 bits per heavy atom. The van der Waals surface area contributed by atoms with E-state index in [4.69, 9.17) is 4.74 Å². The summed E-state index contributed by atoms with van der Waals surface area (Å²) < 4.78 is 4.89. The lowest BCUT2D eigenvalue weighted by Crippen LogP contribution is -2.48. The highest BCUT2D eigenvalue weighted by Gasteiger charge is 2.26. The van der Waals surface area contributed by atoms with Crippen LogP contribution in [-0.2, 0) is 14.3 Å². The lowest BCUT2D eigenvalue weighted by atomic mass is 10.1. The zero-order valence-corrected chi connectivity index (χ0v) is 11.0. The van der Waals surface area contributed by atoms with Crippen LogP contribution in [0, 0.1) is 0 Å². The maximum atomic E-state index is 12.2. The first-order chi connectivity index (χ1) is 8.69. The summed E-state index contributed by atoms with van der Waals surface area (Å²) in [7, 11) is 1.69. The summed E-state index contributed by atoms with van der Waals surface area (Å²) >= 11 is 0. The van der Waals surface area contributed by atoms with Crippen molar-refractivity contribution < 1.29 is 14.3 Å². The second kappa shape index (κ2) is 7.87. The minimum absolute atomic E-state index is 0.00671. The van der Waals surface area contributed by atoms with E-state index >= 15 is 0 Å². The number of piperidine rings is 1. The van der Waals surface area contributed by atoms with E-state index in [9.17, 15) is 9.59 Å². The molecule has 1 aliphatic heterocycles. The van der Waals surface area contributed by atoms with E-state index in [-0.39, 0.29) is 24.9 Å². The summed E-state index contributed by atoms with van der Waals surface area (Å²) in [6.07, 6.45) is 4.85. The Bertz CT molecular complexity index is 299. The third-order valence-corrected chi connectivity index (χ3v) is 3.05. The highest BCUT2D eigenvalue weighted by Crippen LogP contribution is 2.11. The molecule has 5 nitrogen and oxygen atoms in total. The summed E-state index contributed by atoms with van der Waals surface area (Å²) in [5.41, 5.74) is 0. The van der Waals surface area contributed by atoms with Gasteiger partial charge in [0.05, 0.1) is 12.5 Å². The second-order valence-corrected chi connectivity index (χ2v) is 4.40. The van der Waals surface area contributed by atoms with Gasteiger partial charge in [0, 0.05) is 13.1 Å². The number of carbonyl (C=O) groups is 2. The van der Waals surface area contributed by atoms with Crippen LogP contribution in [0.15, 0.2) is 12.7 Å². The maximum Gasteiger partial charge on any atom is 0.308 e. The molecular weight excluding hydrogens is 232 g/mol. The zero-order valence-electron chi connectivity index (χ0n) is 11.0. The molecule has 1 N–H and O–H groups in total. The van der Waals surface area contributed by atoms with Crippen LogP contribution >= 0.6 is 0 Å². The number of hydrogen-bond acceptors (Lipinski definition) is 4. The van der Waals surface area contributed by atoms with E-state index < -0.39 is 6.04 Å². The molecule has 0 aromatic heterocycles. The average Bonchev–Trinajstić information content (AvgIpc) is 2.42. The Balaban J connectivity index is 2.45. The second-order valence-electron chi connectivity index (χ2n) is 4.40. The molecule has 18 heavy (non-hydrogen) atoms. The molecule has 102 valence electrons. The van der Waals surface area contributed by atoms with Crippen LogP contribution in [-0.4, -0.2) is 49.6 Å². The maximum absolute atomic E-state index is 12.2. The molecule has 1 atom stereocenters. The SMILES string of the molecule is C=CCOC(=O)C[C@H](NC)C(=O)N1CCCCC1. The first-order valence-corrected chi connectivity index (χ1v) is 6.41. The van der Waals surface area contributed by atoms with Gasteiger partial charge < -0.3 is 15.0 Å². The van der Waals surface area contributed by atoms with E-state index in [1.54, 1.807) is 7.05 Å². The summed E-state index contributed by atoms with van der Waals surface area (Å²) in [5, 5.41) is 2.89. The van der Waals surface area contributed by atoms with Gasteiger partial charge >= 0.3 is 5.97 Å². The Kier molecular flexibility index (Phi) is 6.43. The Labute approximate surface area is 108 Å². The molecule has 1 heterocycles. The third kappa shape index (κ3) is 4.49. The van der Waals surface area contributed by atoms with Gasteiger partial charge in [0.25, 0.3) is 0 Å². The summed E-state index contributed by atoms with van der Waals surface area (Å²) in [6.45, 7) is 5.24. The van der Waals surface area contributed by atoms with Crippen LogP contribution in [0.2, 0.25) is 0 Å². The molecule has 1 rings (SSSR count). The van der Waals surface area contributed by atoms with Gasteiger partial charge in [-0.25, -0.2) is 0 Å². The fourth-order valence-electron chi connectivity index (χ4n) is 2.02. The van der Waals surface area contributed by atoms with Crippen molar-refractivity contribution in [2.75, 3.05) is 26.7 Å². The number of ether oxygens (including phenoxy) is 1. The number of likely N-dealkylation sites (tertiary alicyclic amines) is 1. The summed E-state index contributed by atoms with van der Waals surface area (Å²) in [5.74, 6) is -0.382. The standard InChI is InChI=1S/C13H22N2O3/c1-3-9-18-12(16)10-11(14-2)13(17)15-7-5-4-6-8-15/h3,11,14H,1,4-10H2,2H3/t11-/m0/s1. The lowest BCUT2D eigenvalue weighted by Gasteiger charge is -2.30. The normalized spacial score (nSPS) is 17.1. The molecule has 0 aromatic carbocycles. The van der Waals surface area contributed by atoms with Crippen molar-refractivity contribution in [2.24, 2.45) is 0 Å². The number of hydrogen-bond donors (Lipinski definition) is 1. The summed E-state index contributed by atoms with van der Waals surface area (Å²) in [6, 6.07) is -0.486. The third-order valence-electron chi connectivity index (χ3n) is 3.05. The fourth-order valence-corrected chi connectivity index (χ4v) is 2.02. The van der Waals surface area contributed by atoms with E-state index in [1.807, 2.05) is 4.90 Å². The Hall–Kier alpha value is -1.36. The van der Waals surface area contributed by atoms with Crippen LogP contribution in [0.3, 0.4) is 0 Å². The number of nitrogens with zero attached hydrogens (tertiary/aromatic N) is 1. The molecule has 0 bridgehead atoms. The monoisotopic (exact) mass is 254 g/mol. The molecule has 1 amide bonds. The number of amides is 1. The predicted octanol–water partition coefficient (Wildman–Crippen LogP) is 0.706.